The van der Waals surface area contributed by atoms with Crippen molar-refractivity contribution >= 4 is 34.6 Å². The minimum Gasteiger partial charge on any atom is -0.306 e. The summed E-state index contributed by atoms with van der Waals surface area (Å²) in [5.74, 6) is 0. The molecule has 0 aliphatic heterocycles. The van der Waals surface area contributed by atoms with E-state index in [1.165, 1.54) is 0 Å². The van der Waals surface area contributed by atoms with Crippen LogP contribution in [-0.4, -0.2) is 17.6 Å². The molecule has 0 aliphatic rings. The summed E-state index contributed by atoms with van der Waals surface area (Å²) >= 11 is 10.3. The Balaban J connectivity index is 3.88. The van der Waals surface area contributed by atoms with Gasteiger partial charge in [0, 0.05) is 6.16 Å². The number of rotatable bonds is 3. The van der Waals surface area contributed by atoms with E-state index in [0.717, 1.165) is 0 Å². The van der Waals surface area contributed by atoms with Crippen molar-refractivity contribution in [2.75, 3.05) is 12.3 Å². The summed E-state index contributed by atoms with van der Waals surface area (Å²) in [5.41, 5.74) is 0. The van der Waals surface area contributed by atoms with Gasteiger partial charge in [-0.25, -0.2) is 0 Å². The maximum Gasteiger partial charge on any atom is 0.230 e. The Kier molecular flexibility index (Phi) is 3.79. The lowest BCUT2D eigenvalue weighted by atomic mass is 10.9. The van der Waals surface area contributed by atoms with Crippen molar-refractivity contribution in [1.82, 2.24) is 0 Å². The molecule has 0 radical (unpaired) electrons. The van der Waals surface area contributed by atoms with Crippen LogP contribution in [0.4, 0.5) is 0 Å². The maximum atomic E-state index is 10.9. The van der Waals surface area contributed by atoms with E-state index in [-0.39, 0.29) is 6.16 Å². The molecule has 0 aromatic carbocycles. The number of hydrogen-bond acceptors (Lipinski definition) is 2. The fourth-order valence-electron chi connectivity index (χ4n) is 0.297. The number of halogens is 2. The highest BCUT2D eigenvalue weighted by Crippen LogP contribution is 2.50. The first-order valence-corrected chi connectivity index (χ1v) is 5.80. The monoisotopic (exact) mass is 188 g/mol. The number of carbonyl (C=O) groups is 1. The summed E-state index contributed by atoms with van der Waals surface area (Å²) in [6.45, 7) is -1.08. The average molecular weight is 189 g/mol. The summed E-state index contributed by atoms with van der Waals surface area (Å²) in [5, 5.41) is -0.629. The summed E-state index contributed by atoms with van der Waals surface area (Å²) in [6, 6.07) is 0. The molecule has 0 fully saturated rings. The van der Waals surface area contributed by atoms with Crippen molar-refractivity contribution in [3.05, 3.63) is 0 Å². The van der Waals surface area contributed by atoms with E-state index in [2.05, 4.69) is 0 Å². The molecule has 0 amide bonds. The van der Waals surface area contributed by atoms with Gasteiger partial charge in [0.25, 0.3) is 0 Å². The van der Waals surface area contributed by atoms with Crippen LogP contribution in [0.3, 0.4) is 0 Å². The largest absolute Gasteiger partial charge is 0.306 e. The molecular weight excluding hydrogens is 182 g/mol. The fraction of sp³-hybridized carbons (Fsp3) is 0.750. The third-order valence-corrected chi connectivity index (χ3v) is 3.93. The average Bonchev–Trinajstić information content (AvgIpc) is 1.63. The van der Waals surface area contributed by atoms with Crippen molar-refractivity contribution in [2.45, 2.75) is 6.92 Å². The van der Waals surface area contributed by atoms with Crippen LogP contribution in [0.1, 0.15) is 6.92 Å². The normalized spacial score (nSPS) is 16.8. The van der Waals surface area contributed by atoms with Crippen molar-refractivity contribution < 1.29 is 9.36 Å². The first-order chi connectivity index (χ1) is 3.98. The van der Waals surface area contributed by atoms with Crippen LogP contribution < -0.4 is 0 Å². The van der Waals surface area contributed by atoms with E-state index in [0.29, 0.717) is 6.16 Å². The lowest BCUT2D eigenvalue weighted by molar-refractivity contribution is -0.109. The zero-order valence-corrected chi connectivity index (χ0v) is 7.34. The van der Waals surface area contributed by atoms with Gasteiger partial charge in [-0.15, -0.1) is 0 Å². The first kappa shape index (κ1) is 9.48. The highest BCUT2D eigenvalue weighted by molar-refractivity contribution is 7.89. The van der Waals surface area contributed by atoms with Crippen molar-refractivity contribution in [3.8, 4) is 0 Å². The molecule has 0 rings (SSSR count). The Hall–Kier alpha value is 0.480. The van der Waals surface area contributed by atoms with Crippen LogP contribution in [0.2, 0.25) is 0 Å². The number of carbonyl (C=O) groups excluding carboxylic acids is 1. The van der Waals surface area contributed by atoms with Crippen LogP contribution in [-0.2, 0) is 9.36 Å². The number of hydrogen-bond donors (Lipinski definition) is 0. The van der Waals surface area contributed by atoms with Gasteiger partial charge in [0.15, 0.2) is 6.49 Å². The molecule has 0 bridgehead atoms. The quantitative estimate of drug-likeness (QED) is 0.504. The minimum atomic E-state index is -2.74. The Labute approximate surface area is 63.7 Å². The van der Waals surface area contributed by atoms with Gasteiger partial charge < -0.3 is 4.57 Å². The highest BCUT2D eigenvalue weighted by Gasteiger charge is 2.18. The van der Waals surface area contributed by atoms with E-state index in [4.69, 9.17) is 22.8 Å². The van der Waals surface area contributed by atoms with Gasteiger partial charge in [0.1, 0.15) is 0 Å². The zero-order valence-electron chi connectivity index (χ0n) is 4.93. The fourth-order valence-corrected chi connectivity index (χ4v) is 1.98. The SMILES string of the molecule is CCP(=O)(Cl)CC(=O)Cl. The topological polar surface area (TPSA) is 34.1 Å². The van der Waals surface area contributed by atoms with Gasteiger partial charge in [-0.2, -0.15) is 0 Å². The van der Waals surface area contributed by atoms with E-state index >= 15 is 0 Å². The second kappa shape index (κ2) is 3.60. The van der Waals surface area contributed by atoms with Gasteiger partial charge in [-0.1, -0.05) is 18.2 Å². The maximum absolute atomic E-state index is 10.9. The molecule has 0 aromatic rings. The van der Waals surface area contributed by atoms with E-state index in [1.54, 1.807) is 6.92 Å². The lowest BCUT2D eigenvalue weighted by Gasteiger charge is -2.01. The summed E-state index contributed by atoms with van der Waals surface area (Å²) < 4.78 is 10.9. The molecule has 5 heteroatoms. The molecule has 1 atom stereocenters. The molecule has 0 aliphatic carbocycles. The van der Waals surface area contributed by atoms with E-state index in [1.807, 2.05) is 0 Å². The lowest BCUT2D eigenvalue weighted by Crippen LogP contribution is -1.94. The molecule has 54 valence electrons. The molecule has 0 spiro atoms. The van der Waals surface area contributed by atoms with Crippen LogP contribution in [0.25, 0.3) is 0 Å². The molecule has 0 saturated carbocycles. The molecule has 0 heterocycles. The van der Waals surface area contributed by atoms with Crippen molar-refractivity contribution in [3.63, 3.8) is 0 Å². The molecule has 0 aromatic heterocycles. The predicted molar refractivity (Wildman–Crippen MR) is 39.7 cm³/mol. The van der Waals surface area contributed by atoms with Gasteiger partial charge in [-0.05, 0) is 11.6 Å². The molecule has 9 heavy (non-hydrogen) atoms. The van der Waals surface area contributed by atoms with Crippen molar-refractivity contribution in [2.24, 2.45) is 0 Å². The standard InChI is InChI=1S/C4H7Cl2O2P/c1-2-9(6,8)3-4(5)7/h2-3H2,1H3. The molecule has 0 N–H and O–H groups in total. The van der Waals surface area contributed by atoms with E-state index in [9.17, 15) is 9.36 Å². The Morgan fingerprint density at radius 2 is 2.11 bits per heavy atom. The molecular formula is C4H7Cl2O2P. The predicted octanol–water partition coefficient (Wildman–Crippen LogP) is 2.29. The third kappa shape index (κ3) is 4.95. The Morgan fingerprint density at radius 1 is 1.67 bits per heavy atom. The third-order valence-electron chi connectivity index (χ3n) is 0.833. The minimum absolute atomic E-state index is 0.202. The summed E-state index contributed by atoms with van der Waals surface area (Å²) in [7, 11) is 0. The smallest absolute Gasteiger partial charge is 0.230 e. The summed E-state index contributed by atoms with van der Waals surface area (Å²) in [6.07, 6.45) is 0.111. The van der Waals surface area contributed by atoms with Crippen LogP contribution in [0.15, 0.2) is 0 Å². The van der Waals surface area contributed by atoms with Gasteiger partial charge >= 0.3 is 0 Å². The van der Waals surface area contributed by atoms with Crippen LogP contribution in [0.5, 0.6) is 0 Å². The van der Waals surface area contributed by atoms with Crippen LogP contribution >= 0.6 is 29.3 Å². The first-order valence-electron chi connectivity index (χ1n) is 2.44. The second-order valence-electron chi connectivity index (χ2n) is 1.62. The molecule has 2 nitrogen and oxygen atoms in total. The van der Waals surface area contributed by atoms with Crippen molar-refractivity contribution in [1.29, 1.82) is 0 Å². The zero-order chi connectivity index (χ0) is 7.49. The second-order valence-corrected chi connectivity index (χ2v) is 6.42. The van der Waals surface area contributed by atoms with Crippen LogP contribution in [0, 0.1) is 0 Å². The Bertz CT molecular complexity index is 157. The van der Waals surface area contributed by atoms with E-state index < -0.39 is 11.7 Å². The summed E-state index contributed by atoms with van der Waals surface area (Å²) in [4.78, 5) is 10.1. The molecule has 0 saturated heterocycles. The van der Waals surface area contributed by atoms with Gasteiger partial charge in [0.05, 0.1) is 6.16 Å². The Morgan fingerprint density at radius 3 is 2.22 bits per heavy atom. The highest BCUT2D eigenvalue weighted by atomic mass is 35.7. The van der Waals surface area contributed by atoms with Gasteiger partial charge in [-0.3, -0.25) is 4.79 Å². The molecule has 1 unspecified atom stereocenters. The van der Waals surface area contributed by atoms with Gasteiger partial charge in [0.2, 0.25) is 5.24 Å².